The summed E-state index contributed by atoms with van der Waals surface area (Å²) in [5.41, 5.74) is 0.872. The second-order valence-electron chi connectivity index (χ2n) is 3.65. The Labute approximate surface area is 75.2 Å². The number of carboxylic acids is 1. The molecule has 0 aliphatic heterocycles. The predicted octanol–water partition coefficient (Wildman–Crippen LogP) is 0.867. The molecule has 0 saturated carbocycles. The van der Waals surface area contributed by atoms with Crippen molar-refractivity contribution in [1.29, 1.82) is 0 Å². The SMILES string of the molecule is CC1(O)CCc2[nH]c(C(=O)O)cc21. The van der Waals surface area contributed by atoms with E-state index in [0.29, 0.717) is 6.42 Å². The van der Waals surface area contributed by atoms with Gasteiger partial charge in [0.05, 0.1) is 5.60 Å². The molecule has 70 valence electrons. The van der Waals surface area contributed by atoms with Crippen LogP contribution in [0.1, 0.15) is 35.1 Å². The van der Waals surface area contributed by atoms with E-state index in [0.717, 1.165) is 17.7 Å². The van der Waals surface area contributed by atoms with Gasteiger partial charge in [0, 0.05) is 11.3 Å². The average Bonchev–Trinajstić information content (AvgIpc) is 2.53. The predicted molar refractivity (Wildman–Crippen MR) is 45.6 cm³/mol. The quantitative estimate of drug-likeness (QED) is 0.601. The van der Waals surface area contributed by atoms with Crippen LogP contribution < -0.4 is 0 Å². The maximum absolute atomic E-state index is 10.6. The zero-order chi connectivity index (χ0) is 9.64. The smallest absolute Gasteiger partial charge is 0.352 e. The Hall–Kier alpha value is -1.29. The normalized spacial score (nSPS) is 26.0. The minimum atomic E-state index is -0.981. The van der Waals surface area contributed by atoms with Gasteiger partial charge in [0.15, 0.2) is 0 Å². The highest BCUT2D eigenvalue weighted by Gasteiger charge is 2.34. The fourth-order valence-corrected chi connectivity index (χ4v) is 1.79. The number of aliphatic hydroxyl groups is 1. The largest absolute Gasteiger partial charge is 0.477 e. The van der Waals surface area contributed by atoms with E-state index in [-0.39, 0.29) is 5.69 Å². The van der Waals surface area contributed by atoms with Crippen LogP contribution >= 0.6 is 0 Å². The second kappa shape index (κ2) is 2.35. The monoisotopic (exact) mass is 181 g/mol. The zero-order valence-corrected chi connectivity index (χ0v) is 7.29. The molecule has 1 aliphatic carbocycles. The molecule has 0 amide bonds. The van der Waals surface area contributed by atoms with Crippen LogP contribution in [0.5, 0.6) is 0 Å². The first kappa shape index (κ1) is 8.31. The van der Waals surface area contributed by atoms with Gasteiger partial charge in [-0.3, -0.25) is 0 Å². The van der Waals surface area contributed by atoms with Crippen LogP contribution in [0.3, 0.4) is 0 Å². The molecule has 0 radical (unpaired) electrons. The van der Waals surface area contributed by atoms with Gasteiger partial charge >= 0.3 is 5.97 Å². The summed E-state index contributed by atoms with van der Waals surface area (Å²) in [4.78, 5) is 13.4. The van der Waals surface area contributed by atoms with Crippen molar-refractivity contribution in [2.24, 2.45) is 0 Å². The maximum Gasteiger partial charge on any atom is 0.352 e. The van der Waals surface area contributed by atoms with E-state index in [1.165, 1.54) is 6.07 Å². The van der Waals surface area contributed by atoms with Gasteiger partial charge in [0.1, 0.15) is 5.69 Å². The molecule has 0 fully saturated rings. The summed E-state index contributed by atoms with van der Waals surface area (Å²) in [6.07, 6.45) is 1.38. The van der Waals surface area contributed by atoms with E-state index >= 15 is 0 Å². The van der Waals surface area contributed by atoms with Crippen LogP contribution in [-0.2, 0) is 12.0 Å². The Bertz CT molecular complexity index is 365. The molecule has 1 heterocycles. The van der Waals surface area contributed by atoms with Crippen molar-refractivity contribution in [3.05, 3.63) is 23.0 Å². The van der Waals surface area contributed by atoms with Crippen molar-refractivity contribution < 1.29 is 15.0 Å². The third-order valence-corrected chi connectivity index (χ3v) is 2.57. The Balaban J connectivity index is 2.48. The number of carboxylic acid groups (broad SMARTS) is 1. The van der Waals surface area contributed by atoms with Crippen LogP contribution in [-0.4, -0.2) is 21.2 Å². The number of aromatic amines is 1. The zero-order valence-electron chi connectivity index (χ0n) is 7.29. The van der Waals surface area contributed by atoms with E-state index in [1.54, 1.807) is 6.92 Å². The molecule has 0 bridgehead atoms. The molecule has 4 nitrogen and oxygen atoms in total. The minimum Gasteiger partial charge on any atom is -0.477 e. The fraction of sp³-hybridized carbons (Fsp3) is 0.444. The number of hydrogen-bond acceptors (Lipinski definition) is 2. The molecular formula is C9H11NO3. The number of aromatic nitrogens is 1. The molecule has 0 saturated heterocycles. The number of fused-ring (bicyclic) bond motifs is 1. The standard InChI is InChI=1S/C9H11NO3/c1-9(13)3-2-6-5(9)4-7(10-6)8(11)12/h4,10,13H,2-3H2,1H3,(H,11,12). The Morgan fingerprint density at radius 1 is 1.69 bits per heavy atom. The molecule has 2 rings (SSSR count). The first-order valence-electron chi connectivity index (χ1n) is 4.19. The molecule has 1 aromatic heterocycles. The summed E-state index contributed by atoms with van der Waals surface area (Å²) >= 11 is 0. The highest BCUT2D eigenvalue weighted by molar-refractivity contribution is 5.86. The van der Waals surface area contributed by atoms with Gasteiger partial charge in [-0.2, -0.15) is 0 Å². The van der Waals surface area contributed by atoms with E-state index < -0.39 is 11.6 Å². The van der Waals surface area contributed by atoms with Crippen molar-refractivity contribution in [1.82, 2.24) is 4.98 Å². The summed E-state index contributed by atoms with van der Waals surface area (Å²) < 4.78 is 0. The van der Waals surface area contributed by atoms with Crippen LogP contribution in [0.2, 0.25) is 0 Å². The van der Waals surface area contributed by atoms with Crippen molar-refractivity contribution in [2.75, 3.05) is 0 Å². The molecule has 1 unspecified atom stereocenters. The summed E-state index contributed by atoms with van der Waals surface area (Å²) in [6, 6.07) is 1.52. The van der Waals surface area contributed by atoms with E-state index in [1.807, 2.05) is 0 Å². The van der Waals surface area contributed by atoms with Crippen molar-refractivity contribution in [3.8, 4) is 0 Å². The van der Waals surface area contributed by atoms with Gasteiger partial charge in [-0.25, -0.2) is 4.79 Å². The lowest BCUT2D eigenvalue weighted by atomic mass is 10.0. The number of hydrogen-bond donors (Lipinski definition) is 3. The summed E-state index contributed by atoms with van der Waals surface area (Å²) in [5, 5.41) is 18.5. The highest BCUT2D eigenvalue weighted by Crippen LogP contribution is 2.36. The molecule has 1 aromatic rings. The van der Waals surface area contributed by atoms with E-state index in [9.17, 15) is 9.90 Å². The molecule has 0 spiro atoms. The molecule has 1 atom stereocenters. The number of nitrogens with one attached hydrogen (secondary N) is 1. The Morgan fingerprint density at radius 2 is 2.38 bits per heavy atom. The van der Waals surface area contributed by atoms with Crippen molar-refractivity contribution in [2.45, 2.75) is 25.4 Å². The summed E-state index contributed by atoms with van der Waals surface area (Å²) in [5.74, 6) is -0.981. The van der Waals surface area contributed by atoms with Gasteiger partial charge in [-0.1, -0.05) is 0 Å². The lowest BCUT2D eigenvalue weighted by Gasteiger charge is -2.15. The van der Waals surface area contributed by atoms with Crippen molar-refractivity contribution >= 4 is 5.97 Å². The van der Waals surface area contributed by atoms with Gasteiger partial charge in [0.25, 0.3) is 0 Å². The van der Waals surface area contributed by atoms with Crippen LogP contribution in [0.25, 0.3) is 0 Å². The Kier molecular flexibility index (Phi) is 1.51. The number of rotatable bonds is 1. The van der Waals surface area contributed by atoms with E-state index in [2.05, 4.69) is 4.98 Å². The Morgan fingerprint density at radius 3 is 2.92 bits per heavy atom. The van der Waals surface area contributed by atoms with Gasteiger partial charge in [0.2, 0.25) is 0 Å². The van der Waals surface area contributed by atoms with Gasteiger partial charge in [-0.15, -0.1) is 0 Å². The van der Waals surface area contributed by atoms with Gasteiger partial charge < -0.3 is 15.2 Å². The highest BCUT2D eigenvalue weighted by atomic mass is 16.4. The molecule has 1 aliphatic rings. The third-order valence-electron chi connectivity index (χ3n) is 2.57. The topological polar surface area (TPSA) is 73.3 Å². The number of aromatic carboxylic acids is 1. The summed E-state index contributed by atoms with van der Waals surface area (Å²) in [6.45, 7) is 1.71. The van der Waals surface area contributed by atoms with Crippen molar-refractivity contribution in [3.63, 3.8) is 0 Å². The number of carbonyl (C=O) groups is 1. The maximum atomic E-state index is 10.6. The fourth-order valence-electron chi connectivity index (χ4n) is 1.79. The minimum absolute atomic E-state index is 0.157. The van der Waals surface area contributed by atoms with Crippen LogP contribution in [0.4, 0.5) is 0 Å². The molecule has 4 heteroatoms. The first-order chi connectivity index (χ1) is 6.00. The second-order valence-corrected chi connectivity index (χ2v) is 3.65. The summed E-state index contributed by atoms with van der Waals surface area (Å²) in [7, 11) is 0. The first-order valence-corrected chi connectivity index (χ1v) is 4.19. The number of aryl methyl sites for hydroxylation is 1. The third kappa shape index (κ3) is 1.14. The molecular weight excluding hydrogens is 170 g/mol. The lowest BCUT2D eigenvalue weighted by molar-refractivity contribution is 0.0593. The molecule has 0 aromatic carbocycles. The van der Waals surface area contributed by atoms with Gasteiger partial charge in [-0.05, 0) is 25.8 Å². The molecule has 3 N–H and O–H groups in total. The van der Waals surface area contributed by atoms with Crippen LogP contribution in [0.15, 0.2) is 6.07 Å². The van der Waals surface area contributed by atoms with E-state index in [4.69, 9.17) is 5.11 Å². The number of H-pyrrole nitrogens is 1. The average molecular weight is 181 g/mol. The van der Waals surface area contributed by atoms with Crippen LogP contribution in [0, 0.1) is 0 Å². The lowest BCUT2D eigenvalue weighted by Crippen LogP contribution is -2.15. The molecule has 13 heavy (non-hydrogen) atoms.